The first kappa shape index (κ1) is 21.7. The van der Waals surface area contributed by atoms with E-state index in [1.165, 1.54) is 0 Å². The third-order valence-corrected chi connectivity index (χ3v) is 4.31. The van der Waals surface area contributed by atoms with Crippen molar-refractivity contribution in [2.24, 2.45) is 0 Å². The molecule has 0 aromatic heterocycles. The summed E-state index contributed by atoms with van der Waals surface area (Å²) in [6, 6.07) is 0. The molecule has 0 heterocycles. The van der Waals surface area contributed by atoms with Crippen molar-refractivity contribution < 1.29 is 33.0 Å². The molecule has 25 heavy (non-hydrogen) atoms. The molecule has 0 aliphatic heterocycles. The monoisotopic (exact) mass is 425 g/mol. The Morgan fingerprint density at radius 2 is 1.44 bits per heavy atom. The number of alkyl halides is 2. The molecule has 0 N–H and O–H groups in total. The molecule has 0 spiro atoms. The van der Waals surface area contributed by atoms with E-state index in [2.05, 4.69) is 20.7 Å². The molecule has 2 amide bonds. The normalized spacial score (nSPS) is 25.8. The number of carbonyl (C=O) groups excluding carboxylic acids is 3. The minimum Gasteiger partial charge on any atom is -0.467 e. The van der Waals surface area contributed by atoms with Crippen LogP contribution in [0.15, 0.2) is 0 Å². The second-order valence-corrected chi connectivity index (χ2v) is 8.48. The smallest absolute Gasteiger partial charge is 0.420 e. The number of ether oxygens (including phenoxy) is 3. The quantitative estimate of drug-likeness (QED) is 0.390. The van der Waals surface area contributed by atoms with Gasteiger partial charge in [0.15, 0.2) is 11.2 Å². The van der Waals surface area contributed by atoms with Gasteiger partial charge in [-0.2, -0.15) is 4.90 Å². The molecule has 2 atom stereocenters. The number of esters is 1. The summed E-state index contributed by atoms with van der Waals surface area (Å²) >= 11 is 2.98. The minimum absolute atomic E-state index is 0.267. The van der Waals surface area contributed by atoms with Crippen LogP contribution in [-0.2, 0) is 19.0 Å². The van der Waals surface area contributed by atoms with E-state index in [9.17, 15) is 14.4 Å². The average molecular weight is 426 g/mol. The number of carbonyl (C=O) groups is 3. The van der Waals surface area contributed by atoms with Gasteiger partial charge < -0.3 is 14.2 Å². The molecular formula is C16H25BrFNO6. The molecule has 0 saturated heterocycles. The first-order valence-electron chi connectivity index (χ1n) is 7.73. The predicted octanol–water partition coefficient (Wildman–Crippen LogP) is 3.58. The van der Waals surface area contributed by atoms with Crippen molar-refractivity contribution in [1.29, 1.82) is 0 Å². The SMILES string of the molecule is COC(=O)C1(N(C(=O)OC(C)(C)C)C(=O)OC(C)(C)C)CC1(F)CBr. The van der Waals surface area contributed by atoms with E-state index < -0.39 is 47.0 Å². The summed E-state index contributed by atoms with van der Waals surface area (Å²) in [4.78, 5) is 37.9. The number of halogens is 2. The van der Waals surface area contributed by atoms with Gasteiger partial charge in [-0.05, 0) is 41.5 Å². The maximum absolute atomic E-state index is 15.0. The van der Waals surface area contributed by atoms with Crippen LogP contribution in [0.2, 0.25) is 0 Å². The molecule has 0 radical (unpaired) electrons. The molecule has 0 aromatic rings. The Balaban J connectivity index is 3.37. The van der Waals surface area contributed by atoms with E-state index in [1.807, 2.05) is 0 Å². The number of rotatable bonds is 3. The van der Waals surface area contributed by atoms with Gasteiger partial charge in [0, 0.05) is 11.8 Å². The van der Waals surface area contributed by atoms with Crippen LogP contribution in [0, 0.1) is 0 Å². The Labute approximate surface area is 155 Å². The fraction of sp³-hybridized carbons (Fsp3) is 0.812. The number of imide groups is 1. The second-order valence-electron chi connectivity index (χ2n) is 7.92. The number of methoxy groups -OCH3 is 1. The highest BCUT2D eigenvalue weighted by Gasteiger charge is 2.80. The number of hydrogen-bond donors (Lipinski definition) is 0. The van der Waals surface area contributed by atoms with Gasteiger partial charge in [0.2, 0.25) is 0 Å². The molecule has 1 fully saturated rings. The molecule has 144 valence electrons. The Kier molecular flexibility index (Phi) is 5.84. The fourth-order valence-electron chi connectivity index (χ4n) is 2.32. The van der Waals surface area contributed by atoms with E-state index in [0.717, 1.165) is 7.11 Å². The number of amides is 2. The van der Waals surface area contributed by atoms with Gasteiger partial charge in [0.25, 0.3) is 0 Å². The largest absolute Gasteiger partial charge is 0.467 e. The van der Waals surface area contributed by atoms with Crippen LogP contribution in [0.4, 0.5) is 14.0 Å². The zero-order valence-corrected chi connectivity index (χ0v) is 17.2. The molecular weight excluding hydrogens is 401 g/mol. The summed E-state index contributed by atoms with van der Waals surface area (Å²) < 4.78 is 30.1. The first-order valence-corrected chi connectivity index (χ1v) is 8.85. The van der Waals surface area contributed by atoms with Crippen LogP contribution < -0.4 is 0 Å². The van der Waals surface area contributed by atoms with E-state index in [-0.39, 0.29) is 5.33 Å². The van der Waals surface area contributed by atoms with Crippen LogP contribution in [0.5, 0.6) is 0 Å². The molecule has 9 heteroatoms. The van der Waals surface area contributed by atoms with Crippen molar-refractivity contribution in [1.82, 2.24) is 4.90 Å². The lowest BCUT2D eigenvalue weighted by atomic mass is 10.1. The molecule has 0 aromatic carbocycles. The molecule has 1 rings (SSSR count). The summed E-state index contributed by atoms with van der Waals surface area (Å²) in [5.41, 5.74) is -6.22. The molecule has 0 bridgehead atoms. The Bertz CT molecular complexity index is 542. The van der Waals surface area contributed by atoms with Gasteiger partial charge in [0.1, 0.15) is 11.2 Å². The van der Waals surface area contributed by atoms with E-state index >= 15 is 4.39 Å². The van der Waals surface area contributed by atoms with Gasteiger partial charge in [-0.25, -0.2) is 18.8 Å². The topological polar surface area (TPSA) is 82.1 Å². The Hall–Kier alpha value is -1.38. The molecule has 7 nitrogen and oxygen atoms in total. The lowest BCUT2D eigenvalue weighted by Crippen LogP contribution is -2.57. The van der Waals surface area contributed by atoms with Crippen molar-refractivity contribution in [2.45, 2.75) is 70.4 Å². The second kappa shape index (κ2) is 6.74. The lowest BCUT2D eigenvalue weighted by Gasteiger charge is -2.33. The minimum atomic E-state index is -2.17. The van der Waals surface area contributed by atoms with E-state index in [4.69, 9.17) is 9.47 Å². The van der Waals surface area contributed by atoms with Gasteiger partial charge in [-0.15, -0.1) is 0 Å². The summed E-state index contributed by atoms with van der Waals surface area (Å²) in [5.74, 6) is -1.05. The highest BCUT2D eigenvalue weighted by molar-refractivity contribution is 9.09. The zero-order chi connectivity index (χ0) is 19.8. The van der Waals surface area contributed by atoms with Crippen molar-refractivity contribution >= 4 is 34.1 Å². The fourth-order valence-corrected chi connectivity index (χ4v) is 2.98. The van der Waals surface area contributed by atoms with E-state index in [1.54, 1.807) is 41.5 Å². The maximum Gasteiger partial charge on any atom is 0.420 e. The molecule has 1 saturated carbocycles. The molecule has 2 unspecified atom stereocenters. The zero-order valence-electron chi connectivity index (χ0n) is 15.6. The van der Waals surface area contributed by atoms with Crippen molar-refractivity contribution in [3.63, 3.8) is 0 Å². The summed E-state index contributed by atoms with van der Waals surface area (Å²) in [5, 5.41) is -0.267. The average Bonchev–Trinajstić information content (AvgIpc) is 3.01. The van der Waals surface area contributed by atoms with Gasteiger partial charge >= 0.3 is 18.2 Å². The van der Waals surface area contributed by atoms with Crippen LogP contribution in [0.3, 0.4) is 0 Å². The Morgan fingerprint density at radius 3 is 1.68 bits per heavy atom. The van der Waals surface area contributed by atoms with Crippen molar-refractivity contribution in [3.05, 3.63) is 0 Å². The van der Waals surface area contributed by atoms with Crippen molar-refractivity contribution in [3.8, 4) is 0 Å². The predicted molar refractivity (Wildman–Crippen MR) is 91.3 cm³/mol. The van der Waals surface area contributed by atoms with Crippen LogP contribution in [0.1, 0.15) is 48.0 Å². The van der Waals surface area contributed by atoms with Crippen LogP contribution in [-0.4, -0.2) is 57.9 Å². The number of hydrogen-bond acceptors (Lipinski definition) is 6. The first-order chi connectivity index (χ1) is 11.1. The van der Waals surface area contributed by atoms with E-state index in [0.29, 0.717) is 4.90 Å². The Morgan fingerprint density at radius 1 is 1.04 bits per heavy atom. The van der Waals surface area contributed by atoms with Gasteiger partial charge in [-0.1, -0.05) is 15.9 Å². The highest BCUT2D eigenvalue weighted by atomic mass is 79.9. The molecule has 1 aliphatic carbocycles. The third kappa shape index (κ3) is 4.43. The number of nitrogens with zero attached hydrogens (tertiary/aromatic N) is 1. The van der Waals surface area contributed by atoms with Gasteiger partial charge in [0.05, 0.1) is 7.11 Å². The van der Waals surface area contributed by atoms with Gasteiger partial charge in [-0.3, -0.25) is 0 Å². The summed E-state index contributed by atoms with van der Waals surface area (Å²) in [6.07, 6.45) is -2.75. The van der Waals surface area contributed by atoms with Crippen LogP contribution in [0.25, 0.3) is 0 Å². The third-order valence-electron chi connectivity index (χ3n) is 3.42. The lowest BCUT2D eigenvalue weighted by molar-refractivity contribution is -0.150. The maximum atomic E-state index is 15.0. The summed E-state index contributed by atoms with van der Waals surface area (Å²) in [6.45, 7) is 9.52. The standard InChI is InChI=1S/C16H25BrFNO6/c1-13(2,3)24-11(21)19(12(22)25-14(4,5)6)16(10(20)23-7)8-15(16,18)9-17/h8-9H2,1-7H3. The highest BCUT2D eigenvalue weighted by Crippen LogP contribution is 2.57. The van der Waals surface area contributed by atoms with Crippen LogP contribution >= 0.6 is 15.9 Å². The summed E-state index contributed by atoms with van der Waals surface area (Å²) in [7, 11) is 1.05. The molecule has 1 aliphatic rings. The van der Waals surface area contributed by atoms with Crippen molar-refractivity contribution in [2.75, 3.05) is 12.4 Å².